The van der Waals surface area contributed by atoms with Gasteiger partial charge in [-0.05, 0) is 23.6 Å². The maximum Gasteiger partial charge on any atom is 0.255 e. The third-order valence-electron chi connectivity index (χ3n) is 5.81. The second kappa shape index (κ2) is 7.38. The van der Waals surface area contributed by atoms with Crippen LogP contribution in [0.2, 0.25) is 0 Å². The van der Waals surface area contributed by atoms with Crippen LogP contribution in [0.25, 0.3) is 0 Å². The molecule has 3 amide bonds. The number of carbonyl (C=O) groups excluding carboxylic acids is 3. The van der Waals surface area contributed by atoms with Crippen LogP contribution in [0.4, 0.5) is 0 Å². The highest BCUT2D eigenvalue weighted by molar-refractivity contribution is 6.05. The fraction of sp³-hybridized carbons (Fsp3) is 0.526. The van der Waals surface area contributed by atoms with Crippen molar-refractivity contribution < 1.29 is 19.5 Å². The third-order valence-corrected chi connectivity index (χ3v) is 5.81. The molecular formula is C19H24N4O4. The van der Waals surface area contributed by atoms with Gasteiger partial charge < -0.3 is 20.6 Å². The Hall–Kier alpha value is -2.29. The van der Waals surface area contributed by atoms with E-state index in [9.17, 15) is 19.5 Å². The van der Waals surface area contributed by atoms with E-state index in [1.807, 2.05) is 12.1 Å². The smallest absolute Gasteiger partial charge is 0.255 e. The van der Waals surface area contributed by atoms with Gasteiger partial charge in [-0.2, -0.15) is 0 Å². The minimum atomic E-state index is -0.596. The topological polar surface area (TPSA) is 111 Å². The molecule has 0 saturated carbocycles. The Morgan fingerprint density at radius 2 is 2.07 bits per heavy atom. The van der Waals surface area contributed by atoms with Crippen molar-refractivity contribution in [3.8, 4) is 0 Å². The lowest BCUT2D eigenvalue weighted by molar-refractivity contribution is -0.136. The molecule has 4 rings (SSSR count). The van der Waals surface area contributed by atoms with Crippen LogP contribution in [0.3, 0.4) is 0 Å². The number of hydrogen-bond donors (Lipinski definition) is 4. The zero-order valence-electron chi connectivity index (χ0n) is 15.0. The molecule has 144 valence electrons. The Kier molecular flexibility index (Phi) is 4.94. The summed E-state index contributed by atoms with van der Waals surface area (Å²) < 4.78 is 0. The molecule has 27 heavy (non-hydrogen) atoms. The molecule has 0 radical (unpaired) electrons. The van der Waals surface area contributed by atoms with Crippen LogP contribution in [0.5, 0.6) is 0 Å². The average molecular weight is 372 g/mol. The van der Waals surface area contributed by atoms with Crippen molar-refractivity contribution >= 4 is 17.7 Å². The van der Waals surface area contributed by atoms with E-state index >= 15 is 0 Å². The number of amides is 3. The van der Waals surface area contributed by atoms with Crippen molar-refractivity contribution in [1.82, 2.24) is 20.9 Å². The first-order chi connectivity index (χ1) is 13.1. The third kappa shape index (κ3) is 3.36. The second-order valence-corrected chi connectivity index (χ2v) is 7.43. The summed E-state index contributed by atoms with van der Waals surface area (Å²) in [6, 6.07) is 5.23. The molecule has 4 N–H and O–H groups in total. The molecule has 1 aromatic rings. The minimum Gasteiger partial charge on any atom is -0.396 e. The molecule has 8 nitrogen and oxygen atoms in total. The van der Waals surface area contributed by atoms with Crippen molar-refractivity contribution in [2.45, 2.75) is 38.0 Å². The van der Waals surface area contributed by atoms with Gasteiger partial charge in [-0.1, -0.05) is 12.1 Å². The summed E-state index contributed by atoms with van der Waals surface area (Å²) in [6.45, 7) is 2.72. The van der Waals surface area contributed by atoms with Crippen LogP contribution in [0.1, 0.15) is 34.3 Å². The van der Waals surface area contributed by atoms with Gasteiger partial charge in [0, 0.05) is 56.7 Å². The number of aliphatic hydroxyl groups is 1. The molecule has 0 aromatic heterocycles. The van der Waals surface area contributed by atoms with E-state index in [0.29, 0.717) is 25.1 Å². The van der Waals surface area contributed by atoms with Gasteiger partial charge in [-0.3, -0.25) is 19.7 Å². The molecule has 3 aliphatic rings. The summed E-state index contributed by atoms with van der Waals surface area (Å²) in [4.78, 5) is 38.0. The highest BCUT2D eigenvalue weighted by Crippen LogP contribution is 2.30. The number of carbonyl (C=O) groups is 3. The van der Waals surface area contributed by atoms with Gasteiger partial charge in [0.15, 0.2) is 0 Å². The molecule has 3 atom stereocenters. The van der Waals surface area contributed by atoms with Crippen molar-refractivity contribution in [2.75, 3.05) is 19.7 Å². The number of aliphatic hydroxyl groups excluding tert-OH is 1. The Bertz CT molecular complexity index is 781. The average Bonchev–Trinajstić information content (AvgIpc) is 3.25. The SMILES string of the molecule is O=C1CCC(N2Cc3c(CNC4CNCC4CO)cccc3C2=O)C(=O)N1. The summed E-state index contributed by atoms with van der Waals surface area (Å²) >= 11 is 0. The van der Waals surface area contributed by atoms with E-state index in [1.54, 1.807) is 11.0 Å². The number of hydrogen-bond acceptors (Lipinski definition) is 6. The second-order valence-electron chi connectivity index (χ2n) is 7.43. The van der Waals surface area contributed by atoms with E-state index in [-0.39, 0.29) is 36.8 Å². The first kappa shape index (κ1) is 18.1. The van der Waals surface area contributed by atoms with Crippen molar-refractivity contribution in [3.05, 3.63) is 34.9 Å². The number of benzene rings is 1. The van der Waals surface area contributed by atoms with Gasteiger partial charge in [-0.15, -0.1) is 0 Å². The monoisotopic (exact) mass is 372 g/mol. The first-order valence-electron chi connectivity index (χ1n) is 9.39. The highest BCUT2D eigenvalue weighted by Gasteiger charge is 2.39. The Labute approximate surface area is 157 Å². The van der Waals surface area contributed by atoms with E-state index < -0.39 is 11.9 Å². The summed E-state index contributed by atoms with van der Waals surface area (Å²) in [6.07, 6.45) is 0.617. The molecule has 8 heteroatoms. The Balaban J connectivity index is 1.49. The normalized spacial score (nSPS) is 27.8. The Morgan fingerprint density at radius 1 is 1.22 bits per heavy atom. The van der Waals surface area contributed by atoms with Crippen LogP contribution < -0.4 is 16.0 Å². The van der Waals surface area contributed by atoms with Gasteiger partial charge in [-0.25, -0.2) is 0 Å². The lowest BCUT2D eigenvalue weighted by Crippen LogP contribution is -2.52. The number of nitrogens with one attached hydrogen (secondary N) is 3. The maximum atomic E-state index is 12.8. The summed E-state index contributed by atoms with van der Waals surface area (Å²) in [5.74, 6) is -0.649. The predicted octanol–water partition coefficient (Wildman–Crippen LogP) is -0.882. The predicted molar refractivity (Wildman–Crippen MR) is 96.6 cm³/mol. The molecule has 0 spiro atoms. The molecule has 2 saturated heterocycles. The molecular weight excluding hydrogens is 348 g/mol. The lowest BCUT2D eigenvalue weighted by atomic mass is 10.0. The first-order valence-corrected chi connectivity index (χ1v) is 9.39. The molecule has 3 heterocycles. The molecule has 2 fully saturated rings. The van der Waals surface area contributed by atoms with Crippen molar-refractivity contribution in [2.24, 2.45) is 5.92 Å². The molecule has 0 bridgehead atoms. The Morgan fingerprint density at radius 3 is 2.85 bits per heavy atom. The molecule has 1 aromatic carbocycles. The quantitative estimate of drug-likeness (QED) is 0.500. The van der Waals surface area contributed by atoms with E-state index in [4.69, 9.17) is 0 Å². The van der Waals surface area contributed by atoms with E-state index in [0.717, 1.165) is 24.2 Å². The summed E-state index contributed by atoms with van der Waals surface area (Å²) in [5.41, 5.74) is 2.59. The zero-order valence-corrected chi connectivity index (χ0v) is 15.0. The van der Waals surface area contributed by atoms with Gasteiger partial charge in [0.2, 0.25) is 11.8 Å². The van der Waals surface area contributed by atoms with Gasteiger partial charge >= 0.3 is 0 Å². The number of nitrogens with zero attached hydrogens (tertiary/aromatic N) is 1. The van der Waals surface area contributed by atoms with Crippen molar-refractivity contribution in [3.63, 3.8) is 0 Å². The van der Waals surface area contributed by atoms with Crippen LogP contribution in [-0.4, -0.2) is 59.5 Å². The van der Waals surface area contributed by atoms with Crippen molar-refractivity contribution in [1.29, 1.82) is 0 Å². The molecule has 3 unspecified atom stereocenters. The fourth-order valence-corrected chi connectivity index (χ4v) is 4.22. The number of fused-ring (bicyclic) bond motifs is 1. The molecule has 0 aliphatic carbocycles. The number of piperidine rings is 1. The fourth-order valence-electron chi connectivity index (χ4n) is 4.22. The van der Waals surface area contributed by atoms with Crippen LogP contribution in [0, 0.1) is 5.92 Å². The summed E-state index contributed by atoms with van der Waals surface area (Å²) in [5, 5.41) is 18.5. The molecule has 3 aliphatic heterocycles. The summed E-state index contributed by atoms with van der Waals surface area (Å²) in [7, 11) is 0. The standard InChI is InChI=1S/C19H24N4O4/c24-10-12-6-20-8-15(12)21-7-11-2-1-3-13-14(11)9-23(19(13)27)16-4-5-17(25)22-18(16)26/h1-3,12,15-16,20-21,24H,4-10H2,(H,22,25,26). The highest BCUT2D eigenvalue weighted by atomic mass is 16.3. The van der Waals surface area contributed by atoms with Crippen LogP contribution in [-0.2, 0) is 22.7 Å². The number of rotatable bonds is 5. The van der Waals surface area contributed by atoms with Crippen LogP contribution >= 0.6 is 0 Å². The largest absolute Gasteiger partial charge is 0.396 e. The van der Waals surface area contributed by atoms with Gasteiger partial charge in [0.1, 0.15) is 6.04 Å². The number of imide groups is 1. The zero-order chi connectivity index (χ0) is 19.0. The maximum absolute atomic E-state index is 12.8. The lowest BCUT2D eigenvalue weighted by Gasteiger charge is -2.29. The van der Waals surface area contributed by atoms with Crippen LogP contribution in [0.15, 0.2) is 18.2 Å². The van der Waals surface area contributed by atoms with E-state index in [2.05, 4.69) is 16.0 Å². The van der Waals surface area contributed by atoms with Gasteiger partial charge in [0.05, 0.1) is 0 Å². The minimum absolute atomic E-state index is 0.138. The van der Waals surface area contributed by atoms with Gasteiger partial charge in [0.25, 0.3) is 5.91 Å². The van der Waals surface area contributed by atoms with E-state index in [1.165, 1.54) is 0 Å².